The van der Waals surface area contributed by atoms with Crippen molar-refractivity contribution < 1.29 is 4.79 Å². The third-order valence-corrected chi connectivity index (χ3v) is 4.79. The first-order chi connectivity index (χ1) is 8.84. The van der Waals surface area contributed by atoms with Gasteiger partial charge in [0.15, 0.2) is 0 Å². The van der Waals surface area contributed by atoms with Crippen LogP contribution in [0.1, 0.15) is 5.56 Å². The molecule has 3 rings (SSSR count). The Morgan fingerprint density at radius 2 is 2.22 bits per heavy atom. The summed E-state index contributed by atoms with van der Waals surface area (Å²) in [5.41, 5.74) is 2.42. The van der Waals surface area contributed by atoms with Crippen molar-refractivity contribution >= 4 is 23.4 Å². The predicted molar refractivity (Wildman–Crippen MR) is 76.2 cm³/mol. The smallest absolute Gasteiger partial charge is 0.236 e. The zero-order valence-corrected chi connectivity index (χ0v) is 11.2. The van der Waals surface area contributed by atoms with Crippen molar-refractivity contribution in [1.82, 2.24) is 5.32 Å². The van der Waals surface area contributed by atoms with Gasteiger partial charge in [-0.1, -0.05) is 18.2 Å². The number of benzene rings is 1. The molecule has 1 saturated heterocycles. The predicted octanol–water partition coefficient (Wildman–Crippen LogP) is 1.53. The number of hydrogen-bond donors (Lipinski definition) is 1. The average molecular weight is 262 g/mol. The Kier molecular flexibility index (Phi) is 3.57. The van der Waals surface area contributed by atoms with Crippen molar-refractivity contribution in [2.24, 2.45) is 5.92 Å². The van der Waals surface area contributed by atoms with Gasteiger partial charge in [-0.25, -0.2) is 0 Å². The van der Waals surface area contributed by atoms with Crippen LogP contribution in [0, 0.1) is 5.92 Å². The Balaban J connectivity index is 1.53. The summed E-state index contributed by atoms with van der Waals surface area (Å²) in [5.74, 6) is 2.75. The second kappa shape index (κ2) is 5.33. The summed E-state index contributed by atoms with van der Waals surface area (Å²) in [6, 6.07) is 8.24. The number of fused-ring (bicyclic) bond motifs is 1. The highest BCUT2D eigenvalue weighted by Crippen LogP contribution is 2.28. The normalized spacial score (nSPS) is 18.6. The number of hydrogen-bond acceptors (Lipinski definition) is 3. The Labute approximate surface area is 112 Å². The van der Waals surface area contributed by atoms with E-state index in [1.54, 1.807) is 11.8 Å². The van der Waals surface area contributed by atoms with Gasteiger partial charge in [0.1, 0.15) is 0 Å². The van der Waals surface area contributed by atoms with Crippen LogP contribution in [0.4, 0.5) is 5.69 Å². The zero-order chi connectivity index (χ0) is 12.4. The van der Waals surface area contributed by atoms with E-state index in [4.69, 9.17) is 0 Å². The lowest BCUT2D eigenvalue weighted by molar-refractivity contribution is -0.116. The summed E-state index contributed by atoms with van der Waals surface area (Å²) in [4.78, 5) is 14.1. The number of thioether (sulfide) groups is 1. The highest BCUT2D eigenvalue weighted by molar-refractivity contribution is 7.99. The molecule has 2 heterocycles. The number of carbonyl (C=O) groups excluding carboxylic acids is 1. The minimum atomic E-state index is 0.261. The van der Waals surface area contributed by atoms with Gasteiger partial charge < -0.3 is 10.2 Å². The van der Waals surface area contributed by atoms with Gasteiger partial charge in [-0.05, 0) is 42.8 Å². The number of nitrogens with zero attached hydrogens (tertiary/aromatic N) is 1. The van der Waals surface area contributed by atoms with E-state index < -0.39 is 0 Å². The van der Waals surface area contributed by atoms with Crippen LogP contribution >= 0.6 is 11.8 Å². The topological polar surface area (TPSA) is 32.3 Å². The fourth-order valence-corrected chi connectivity index (χ4v) is 3.47. The highest BCUT2D eigenvalue weighted by Gasteiger charge is 2.24. The summed E-state index contributed by atoms with van der Waals surface area (Å²) in [7, 11) is 0. The Morgan fingerprint density at radius 1 is 1.39 bits per heavy atom. The number of nitrogens with one attached hydrogen (secondary N) is 1. The quantitative estimate of drug-likeness (QED) is 0.893. The lowest BCUT2D eigenvalue weighted by Crippen LogP contribution is -2.43. The monoisotopic (exact) mass is 262 g/mol. The maximum atomic E-state index is 12.2. The molecule has 18 heavy (non-hydrogen) atoms. The lowest BCUT2D eigenvalue weighted by atomic mass is 10.1. The molecule has 3 nitrogen and oxygen atoms in total. The zero-order valence-electron chi connectivity index (χ0n) is 10.4. The van der Waals surface area contributed by atoms with Crippen LogP contribution in [0.5, 0.6) is 0 Å². The van der Waals surface area contributed by atoms with E-state index in [0.717, 1.165) is 43.4 Å². The third-order valence-electron chi connectivity index (χ3n) is 3.63. The maximum absolute atomic E-state index is 12.2. The van der Waals surface area contributed by atoms with Crippen molar-refractivity contribution in [2.75, 3.05) is 36.0 Å². The van der Waals surface area contributed by atoms with Gasteiger partial charge in [-0.3, -0.25) is 4.79 Å². The molecule has 0 radical (unpaired) electrons. The largest absolute Gasteiger partial charge is 0.316 e. The molecule has 4 heteroatoms. The summed E-state index contributed by atoms with van der Waals surface area (Å²) >= 11 is 1.78. The van der Waals surface area contributed by atoms with E-state index in [-0.39, 0.29) is 5.91 Å². The molecule has 0 atom stereocenters. The first-order valence-corrected chi connectivity index (χ1v) is 7.67. The summed E-state index contributed by atoms with van der Waals surface area (Å²) in [6.07, 6.45) is 0.999. The minimum Gasteiger partial charge on any atom is -0.316 e. The third kappa shape index (κ3) is 2.40. The van der Waals surface area contributed by atoms with Crippen LogP contribution < -0.4 is 10.2 Å². The summed E-state index contributed by atoms with van der Waals surface area (Å²) < 4.78 is 0. The molecular formula is C14H18N2OS. The van der Waals surface area contributed by atoms with Gasteiger partial charge in [-0.15, -0.1) is 0 Å². The molecule has 1 amide bonds. The molecule has 2 aliphatic heterocycles. The van der Waals surface area contributed by atoms with E-state index in [1.165, 1.54) is 5.56 Å². The highest BCUT2D eigenvalue weighted by atomic mass is 32.2. The van der Waals surface area contributed by atoms with Gasteiger partial charge in [-0.2, -0.15) is 11.8 Å². The number of para-hydroxylation sites is 1. The average Bonchev–Trinajstić information content (AvgIpc) is 2.76. The lowest BCUT2D eigenvalue weighted by Gasteiger charge is -2.26. The number of rotatable bonds is 4. The number of anilines is 1. The minimum absolute atomic E-state index is 0.261. The Bertz CT molecular complexity index is 445. The van der Waals surface area contributed by atoms with E-state index >= 15 is 0 Å². The van der Waals surface area contributed by atoms with Gasteiger partial charge in [0.25, 0.3) is 0 Å². The number of carbonyl (C=O) groups is 1. The second-order valence-electron chi connectivity index (χ2n) is 4.96. The molecule has 1 aromatic carbocycles. The van der Waals surface area contributed by atoms with Gasteiger partial charge in [0, 0.05) is 12.2 Å². The van der Waals surface area contributed by atoms with E-state index in [0.29, 0.717) is 5.75 Å². The van der Waals surface area contributed by atoms with Crippen LogP contribution in [0.15, 0.2) is 24.3 Å². The van der Waals surface area contributed by atoms with Gasteiger partial charge in [0.05, 0.1) is 5.75 Å². The standard InChI is InChI=1S/C14H18N2OS/c17-14(10-18-9-11-7-15-8-11)16-6-5-12-3-1-2-4-13(12)16/h1-4,11,15H,5-10H2. The molecule has 2 aliphatic rings. The van der Waals surface area contributed by atoms with Gasteiger partial charge in [0.2, 0.25) is 5.91 Å². The molecule has 0 aliphatic carbocycles. The molecule has 0 bridgehead atoms. The van der Waals surface area contributed by atoms with Crippen molar-refractivity contribution in [3.63, 3.8) is 0 Å². The summed E-state index contributed by atoms with van der Waals surface area (Å²) in [5, 5.41) is 3.26. The van der Waals surface area contributed by atoms with Crippen LogP contribution in [0.2, 0.25) is 0 Å². The van der Waals surface area contributed by atoms with E-state index in [2.05, 4.69) is 17.4 Å². The molecule has 0 spiro atoms. The van der Waals surface area contributed by atoms with Crippen molar-refractivity contribution in [2.45, 2.75) is 6.42 Å². The molecular weight excluding hydrogens is 244 g/mol. The molecule has 0 aromatic heterocycles. The fourth-order valence-electron chi connectivity index (χ4n) is 2.45. The Morgan fingerprint density at radius 3 is 3.00 bits per heavy atom. The second-order valence-corrected chi connectivity index (χ2v) is 5.99. The van der Waals surface area contributed by atoms with Crippen LogP contribution in [-0.2, 0) is 11.2 Å². The van der Waals surface area contributed by atoms with Crippen molar-refractivity contribution in [3.05, 3.63) is 29.8 Å². The van der Waals surface area contributed by atoms with Crippen molar-refractivity contribution in [3.8, 4) is 0 Å². The molecule has 0 saturated carbocycles. The Hall–Kier alpha value is -1.00. The number of amides is 1. The molecule has 1 N–H and O–H groups in total. The first kappa shape index (κ1) is 12.1. The van der Waals surface area contributed by atoms with Gasteiger partial charge >= 0.3 is 0 Å². The maximum Gasteiger partial charge on any atom is 0.236 e. The van der Waals surface area contributed by atoms with E-state index in [1.807, 2.05) is 17.0 Å². The van der Waals surface area contributed by atoms with Crippen LogP contribution in [0.3, 0.4) is 0 Å². The summed E-state index contributed by atoms with van der Waals surface area (Å²) in [6.45, 7) is 3.09. The SMILES string of the molecule is O=C(CSCC1CNC1)N1CCc2ccccc21. The molecule has 0 unspecified atom stereocenters. The van der Waals surface area contributed by atoms with Crippen molar-refractivity contribution in [1.29, 1.82) is 0 Å². The van der Waals surface area contributed by atoms with Crippen LogP contribution in [0.25, 0.3) is 0 Å². The molecule has 96 valence electrons. The molecule has 1 aromatic rings. The fraction of sp³-hybridized carbons (Fsp3) is 0.500. The van der Waals surface area contributed by atoms with E-state index in [9.17, 15) is 4.79 Å². The first-order valence-electron chi connectivity index (χ1n) is 6.51. The molecule has 1 fully saturated rings. The van der Waals surface area contributed by atoms with Crippen LogP contribution in [-0.4, -0.2) is 37.0 Å².